The molecule has 0 aliphatic carbocycles. The number of benzene rings is 3. The van der Waals surface area contributed by atoms with Crippen LogP contribution in [0.4, 0.5) is 0 Å². The molecule has 3 heteroatoms. The van der Waals surface area contributed by atoms with E-state index in [-0.39, 0.29) is 6.04 Å². The molecular formula is C23H19N3. The summed E-state index contributed by atoms with van der Waals surface area (Å²) in [5, 5.41) is 16.8. The second-order valence-corrected chi connectivity index (χ2v) is 6.37. The van der Waals surface area contributed by atoms with Gasteiger partial charge in [-0.1, -0.05) is 91.0 Å². The van der Waals surface area contributed by atoms with Gasteiger partial charge in [0.05, 0.1) is 17.8 Å². The van der Waals surface area contributed by atoms with Gasteiger partial charge in [-0.15, -0.1) is 0 Å². The van der Waals surface area contributed by atoms with E-state index in [1.54, 1.807) is 0 Å². The van der Waals surface area contributed by atoms with E-state index in [2.05, 4.69) is 30.3 Å². The maximum atomic E-state index is 9.90. The molecule has 1 heterocycles. The predicted molar refractivity (Wildman–Crippen MR) is 103 cm³/mol. The average Bonchev–Trinajstić information content (AvgIpc) is 3.16. The molecule has 0 bridgehead atoms. The maximum absolute atomic E-state index is 9.90. The van der Waals surface area contributed by atoms with Crippen molar-refractivity contribution in [1.29, 1.82) is 5.26 Å². The molecule has 0 saturated heterocycles. The summed E-state index contributed by atoms with van der Waals surface area (Å²) in [4.78, 5) is 0. The van der Waals surface area contributed by atoms with Crippen molar-refractivity contribution < 1.29 is 0 Å². The Hall–Kier alpha value is -3.38. The molecule has 2 atom stereocenters. The van der Waals surface area contributed by atoms with Crippen molar-refractivity contribution in [3.8, 4) is 6.07 Å². The van der Waals surface area contributed by atoms with Gasteiger partial charge in [0.15, 0.2) is 6.04 Å². The Balaban J connectivity index is 1.76. The predicted octanol–water partition coefficient (Wildman–Crippen LogP) is 5.10. The second kappa shape index (κ2) is 7.25. The second-order valence-electron chi connectivity index (χ2n) is 6.37. The first kappa shape index (κ1) is 16.1. The van der Waals surface area contributed by atoms with Crippen molar-refractivity contribution in [3.05, 3.63) is 108 Å². The Labute approximate surface area is 153 Å². The fraction of sp³-hybridized carbons (Fsp3) is 0.130. The Morgan fingerprint density at radius 1 is 0.846 bits per heavy atom. The molecule has 126 valence electrons. The summed E-state index contributed by atoms with van der Waals surface area (Å²) in [5.41, 5.74) is 4.28. The lowest BCUT2D eigenvalue weighted by Gasteiger charge is -2.28. The van der Waals surface area contributed by atoms with Crippen LogP contribution in [-0.2, 0) is 0 Å². The van der Waals surface area contributed by atoms with E-state index in [0.717, 1.165) is 23.3 Å². The van der Waals surface area contributed by atoms with E-state index in [9.17, 15) is 5.26 Å². The molecule has 26 heavy (non-hydrogen) atoms. The minimum Gasteiger partial charge on any atom is -0.267 e. The van der Waals surface area contributed by atoms with Crippen LogP contribution in [-0.4, -0.2) is 10.7 Å². The van der Waals surface area contributed by atoms with Crippen LogP contribution in [0.3, 0.4) is 0 Å². The van der Waals surface area contributed by atoms with Gasteiger partial charge >= 0.3 is 0 Å². The van der Waals surface area contributed by atoms with Gasteiger partial charge in [0, 0.05) is 6.42 Å². The van der Waals surface area contributed by atoms with E-state index in [4.69, 9.17) is 5.10 Å². The summed E-state index contributed by atoms with van der Waals surface area (Å²) >= 11 is 0. The Morgan fingerprint density at radius 3 is 2.04 bits per heavy atom. The van der Waals surface area contributed by atoms with Gasteiger partial charge in [0.2, 0.25) is 0 Å². The number of nitrogens with zero attached hydrogens (tertiary/aromatic N) is 3. The highest BCUT2D eigenvalue weighted by Gasteiger charge is 2.34. The zero-order valence-electron chi connectivity index (χ0n) is 14.4. The lowest BCUT2D eigenvalue weighted by molar-refractivity contribution is 0.196. The zero-order chi connectivity index (χ0) is 17.8. The summed E-state index contributed by atoms with van der Waals surface area (Å²) < 4.78 is 0. The lowest BCUT2D eigenvalue weighted by atomic mass is 9.97. The first-order valence-electron chi connectivity index (χ1n) is 8.77. The van der Waals surface area contributed by atoms with Crippen LogP contribution in [0.15, 0.2) is 96.1 Å². The SMILES string of the molecule is N#C[C@H](c1ccccc1)N1N=C(c2ccccc2)C[C@H]1c1ccccc1. The maximum Gasteiger partial charge on any atom is 0.159 e. The van der Waals surface area contributed by atoms with Gasteiger partial charge < -0.3 is 0 Å². The third kappa shape index (κ3) is 3.10. The largest absolute Gasteiger partial charge is 0.267 e. The molecule has 3 aromatic carbocycles. The van der Waals surface area contributed by atoms with Crippen LogP contribution >= 0.6 is 0 Å². The molecule has 3 aromatic rings. The van der Waals surface area contributed by atoms with Crippen LogP contribution in [0.5, 0.6) is 0 Å². The number of hydrazone groups is 1. The third-order valence-corrected chi connectivity index (χ3v) is 4.74. The van der Waals surface area contributed by atoms with Crippen LogP contribution in [0.1, 0.15) is 35.2 Å². The van der Waals surface area contributed by atoms with Crippen molar-refractivity contribution in [2.24, 2.45) is 5.10 Å². The number of rotatable bonds is 4. The molecule has 0 fully saturated rings. The van der Waals surface area contributed by atoms with E-state index in [1.165, 1.54) is 5.56 Å². The minimum atomic E-state index is -0.414. The van der Waals surface area contributed by atoms with Crippen LogP contribution < -0.4 is 0 Å². The van der Waals surface area contributed by atoms with E-state index in [0.29, 0.717) is 0 Å². The smallest absolute Gasteiger partial charge is 0.159 e. The molecule has 0 amide bonds. The molecule has 0 radical (unpaired) electrons. The van der Waals surface area contributed by atoms with Crippen molar-refractivity contribution >= 4 is 5.71 Å². The van der Waals surface area contributed by atoms with Crippen molar-refractivity contribution in [3.63, 3.8) is 0 Å². The fourth-order valence-electron chi connectivity index (χ4n) is 3.44. The Bertz CT molecular complexity index is 927. The molecule has 0 spiro atoms. The quantitative estimate of drug-likeness (QED) is 0.664. The minimum absolute atomic E-state index is 0.0521. The first-order valence-corrected chi connectivity index (χ1v) is 8.77. The molecular weight excluding hydrogens is 318 g/mol. The summed E-state index contributed by atoms with van der Waals surface area (Å²) in [6.45, 7) is 0. The molecule has 1 aliphatic rings. The standard InChI is InChI=1S/C23H19N3/c24-17-23(20-14-8-3-9-15-20)26-22(19-12-6-2-7-13-19)16-21(25-26)18-10-4-1-5-11-18/h1-15,22-23H,16H2/t22-,23+/m0/s1. The highest BCUT2D eigenvalue weighted by atomic mass is 15.5. The third-order valence-electron chi connectivity index (χ3n) is 4.74. The average molecular weight is 337 g/mol. The number of hydrogen-bond acceptors (Lipinski definition) is 3. The summed E-state index contributed by atoms with van der Waals surface area (Å²) in [6.07, 6.45) is 0.791. The monoisotopic (exact) mass is 337 g/mol. The van der Waals surface area contributed by atoms with Crippen molar-refractivity contribution in [1.82, 2.24) is 5.01 Å². The summed E-state index contributed by atoms with van der Waals surface area (Å²) in [6, 6.07) is 32.5. The van der Waals surface area contributed by atoms with Crippen LogP contribution in [0, 0.1) is 11.3 Å². The van der Waals surface area contributed by atoms with Gasteiger partial charge in [0.1, 0.15) is 0 Å². The van der Waals surface area contributed by atoms with Gasteiger partial charge in [-0.2, -0.15) is 10.4 Å². The highest BCUT2D eigenvalue weighted by Crippen LogP contribution is 2.38. The highest BCUT2D eigenvalue weighted by molar-refractivity contribution is 6.01. The number of nitriles is 1. The fourth-order valence-corrected chi connectivity index (χ4v) is 3.44. The molecule has 3 nitrogen and oxygen atoms in total. The Morgan fingerprint density at radius 2 is 1.42 bits per heavy atom. The van der Waals surface area contributed by atoms with E-state index < -0.39 is 6.04 Å². The molecule has 4 rings (SSSR count). The number of hydrogen-bond donors (Lipinski definition) is 0. The molecule has 0 N–H and O–H groups in total. The Kier molecular flexibility index (Phi) is 4.49. The summed E-state index contributed by atoms with van der Waals surface area (Å²) in [5.74, 6) is 0. The lowest BCUT2D eigenvalue weighted by Crippen LogP contribution is -2.24. The molecule has 0 unspecified atom stereocenters. The van der Waals surface area contributed by atoms with E-state index >= 15 is 0 Å². The van der Waals surface area contributed by atoms with Gasteiger partial charge in [-0.25, -0.2) is 0 Å². The van der Waals surface area contributed by atoms with Crippen LogP contribution in [0.2, 0.25) is 0 Å². The van der Waals surface area contributed by atoms with Gasteiger partial charge in [-0.05, 0) is 16.7 Å². The first-order chi connectivity index (χ1) is 12.9. The molecule has 0 saturated carbocycles. The van der Waals surface area contributed by atoms with Crippen LogP contribution in [0.25, 0.3) is 0 Å². The molecule has 0 aromatic heterocycles. The van der Waals surface area contributed by atoms with Crippen molar-refractivity contribution in [2.45, 2.75) is 18.5 Å². The van der Waals surface area contributed by atoms with Gasteiger partial charge in [0.25, 0.3) is 0 Å². The normalized spacial score (nSPS) is 17.4. The zero-order valence-corrected chi connectivity index (χ0v) is 14.4. The van der Waals surface area contributed by atoms with Crippen molar-refractivity contribution in [2.75, 3.05) is 0 Å². The topological polar surface area (TPSA) is 39.4 Å². The summed E-state index contributed by atoms with van der Waals surface area (Å²) in [7, 11) is 0. The molecule has 1 aliphatic heterocycles. The van der Waals surface area contributed by atoms with Gasteiger partial charge in [-0.3, -0.25) is 5.01 Å². The van der Waals surface area contributed by atoms with E-state index in [1.807, 2.05) is 71.7 Å².